The Morgan fingerprint density at radius 3 is 2.37 bits per heavy atom. The third kappa shape index (κ3) is 3.50. The lowest BCUT2D eigenvalue weighted by Gasteiger charge is -2.12. The molecule has 1 aromatic heterocycles. The fourth-order valence-corrected chi connectivity index (χ4v) is 1.99. The quantitative estimate of drug-likeness (QED) is 0.801. The highest BCUT2D eigenvalue weighted by Crippen LogP contribution is 2.26. The van der Waals surface area contributed by atoms with E-state index in [1.165, 1.54) is 0 Å². The van der Waals surface area contributed by atoms with Crippen molar-refractivity contribution in [2.45, 2.75) is 27.3 Å². The Morgan fingerprint density at radius 2 is 1.79 bits per heavy atom. The molecule has 1 aromatic carbocycles. The average Bonchev–Trinajstić information content (AvgIpc) is 2.70. The van der Waals surface area contributed by atoms with Crippen LogP contribution in [0.3, 0.4) is 0 Å². The molecule has 0 saturated heterocycles. The van der Waals surface area contributed by atoms with Crippen molar-refractivity contribution in [1.29, 1.82) is 0 Å². The van der Waals surface area contributed by atoms with Gasteiger partial charge in [-0.3, -0.25) is 4.68 Å². The SMILES string of the molecule is CCOc1ccccc1OCCn1nc(C)cc1C. The minimum absolute atomic E-state index is 0.575. The second-order valence-corrected chi connectivity index (χ2v) is 4.38. The van der Waals surface area contributed by atoms with Crippen LogP contribution < -0.4 is 9.47 Å². The zero-order valence-electron chi connectivity index (χ0n) is 11.7. The average molecular weight is 260 g/mol. The second kappa shape index (κ2) is 6.27. The first-order chi connectivity index (χ1) is 9.20. The Kier molecular flexibility index (Phi) is 4.44. The Hall–Kier alpha value is -1.97. The standard InChI is InChI=1S/C15H20N2O2/c1-4-18-14-7-5-6-8-15(14)19-10-9-17-13(3)11-12(2)16-17/h5-8,11H,4,9-10H2,1-3H3. The molecule has 0 aliphatic rings. The lowest BCUT2D eigenvalue weighted by atomic mass is 10.3. The fourth-order valence-electron chi connectivity index (χ4n) is 1.99. The van der Waals surface area contributed by atoms with Gasteiger partial charge in [0.25, 0.3) is 0 Å². The van der Waals surface area contributed by atoms with E-state index in [9.17, 15) is 0 Å². The maximum atomic E-state index is 5.77. The van der Waals surface area contributed by atoms with Crippen molar-refractivity contribution in [3.63, 3.8) is 0 Å². The zero-order valence-corrected chi connectivity index (χ0v) is 11.7. The minimum atomic E-state index is 0.575. The molecular formula is C15H20N2O2. The van der Waals surface area contributed by atoms with Gasteiger partial charge < -0.3 is 9.47 Å². The Bertz CT molecular complexity index is 535. The number of para-hydroxylation sites is 2. The van der Waals surface area contributed by atoms with Crippen molar-refractivity contribution in [1.82, 2.24) is 9.78 Å². The van der Waals surface area contributed by atoms with Gasteiger partial charge in [0, 0.05) is 5.69 Å². The van der Waals surface area contributed by atoms with Crippen LogP contribution in [-0.4, -0.2) is 23.0 Å². The molecule has 4 nitrogen and oxygen atoms in total. The van der Waals surface area contributed by atoms with Gasteiger partial charge in [0.1, 0.15) is 6.61 Å². The van der Waals surface area contributed by atoms with Crippen molar-refractivity contribution in [2.24, 2.45) is 0 Å². The normalized spacial score (nSPS) is 10.5. The summed E-state index contributed by atoms with van der Waals surface area (Å²) in [6, 6.07) is 9.79. The van der Waals surface area contributed by atoms with Crippen molar-refractivity contribution in [3.05, 3.63) is 41.7 Å². The Labute approximate surface area is 114 Å². The summed E-state index contributed by atoms with van der Waals surface area (Å²) in [5.41, 5.74) is 2.19. The van der Waals surface area contributed by atoms with Crippen molar-refractivity contribution in [2.75, 3.05) is 13.2 Å². The number of aryl methyl sites for hydroxylation is 2. The van der Waals surface area contributed by atoms with Gasteiger partial charge in [0.05, 0.1) is 18.8 Å². The Morgan fingerprint density at radius 1 is 1.11 bits per heavy atom. The van der Waals surface area contributed by atoms with E-state index >= 15 is 0 Å². The molecule has 4 heteroatoms. The molecule has 2 rings (SSSR count). The molecule has 0 fully saturated rings. The van der Waals surface area contributed by atoms with Gasteiger partial charge in [0.15, 0.2) is 11.5 Å². The van der Waals surface area contributed by atoms with Crippen LogP contribution in [0.2, 0.25) is 0 Å². The molecule has 102 valence electrons. The number of rotatable bonds is 6. The highest BCUT2D eigenvalue weighted by Gasteiger charge is 2.04. The van der Waals surface area contributed by atoms with Gasteiger partial charge in [-0.25, -0.2) is 0 Å². The van der Waals surface area contributed by atoms with Crippen LogP contribution >= 0.6 is 0 Å². The summed E-state index contributed by atoms with van der Waals surface area (Å²) in [6.45, 7) is 7.96. The van der Waals surface area contributed by atoms with E-state index in [4.69, 9.17) is 9.47 Å². The molecule has 0 bridgehead atoms. The Balaban J connectivity index is 1.94. The van der Waals surface area contributed by atoms with Crippen LogP contribution in [0.25, 0.3) is 0 Å². The van der Waals surface area contributed by atoms with E-state index in [1.54, 1.807) is 0 Å². The number of hydrogen-bond acceptors (Lipinski definition) is 3. The fraction of sp³-hybridized carbons (Fsp3) is 0.400. The first-order valence-corrected chi connectivity index (χ1v) is 6.56. The largest absolute Gasteiger partial charge is 0.490 e. The van der Waals surface area contributed by atoms with Crippen LogP contribution in [0.4, 0.5) is 0 Å². The molecule has 0 N–H and O–H groups in total. The van der Waals surface area contributed by atoms with E-state index < -0.39 is 0 Å². The van der Waals surface area contributed by atoms with Crippen LogP contribution in [0.15, 0.2) is 30.3 Å². The summed E-state index contributed by atoms with van der Waals surface area (Å²) >= 11 is 0. The summed E-state index contributed by atoms with van der Waals surface area (Å²) in [5, 5.41) is 4.41. The molecule has 0 amide bonds. The first-order valence-electron chi connectivity index (χ1n) is 6.56. The molecule has 0 spiro atoms. The number of ether oxygens (including phenoxy) is 2. The van der Waals surface area contributed by atoms with E-state index in [-0.39, 0.29) is 0 Å². The molecule has 0 radical (unpaired) electrons. The number of benzene rings is 1. The molecule has 0 unspecified atom stereocenters. The van der Waals surface area contributed by atoms with E-state index in [1.807, 2.05) is 49.7 Å². The third-order valence-electron chi connectivity index (χ3n) is 2.81. The molecule has 0 atom stereocenters. The van der Waals surface area contributed by atoms with Gasteiger partial charge in [-0.15, -0.1) is 0 Å². The predicted molar refractivity (Wildman–Crippen MR) is 74.8 cm³/mol. The lowest BCUT2D eigenvalue weighted by molar-refractivity contribution is 0.261. The van der Waals surface area contributed by atoms with Gasteiger partial charge in [-0.2, -0.15) is 5.10 Å². The summed E-state index contributed by atoms with van der Waals surface area (Å²) in [5.74, 6) is 1.57. The highest BCUT2D eigenvalue weighted by atomic mass is 16.5. The van der Waals surface area contributed by atoms with Crippen molar-refractivity contribution < 1.29 is 9.47 Å². The number of hydrogen-bond donors (Lipinski definition) is 0. The van der Waals surface area contributed by atoms with Gasteiger partial charge >= 0.3 is 0 Å². The first kappa shape index (κ1) is 13.5. The number of aromatic nitrogens is 2. The molecule has 0 saturated carbocycles. The van der Waals surface area contributed by atoms with E-state index in [0.29, 0.717) is 13.2 Å². The summed E-state index contributed by atoms with van der Waals surface area (Å²) in [6.07, 6.45) is 0. The van der Waals surface area contributed by atoms with Gasteiger partial charge in [-0.1, -0.05) is 12.1 Å². The molecule has 2 aromatic rings. The third-order valence-corrected chi connectivity index (χ3v) is 2.81. The maximum absolute atomic E-state index is 5.77. The smallest absolute Gasteiger partial charge is 0.161 e. The molecule has 1 heterocycles. The van der Waals surface area contributed by atoms with Crippen LogP contribution in [-0.2, 0) is 6.54 Å². The summed E-state index contributed by atoms with van der Waals surface area (Å²) < 4.78 is 13.2. The summed E-state index contributed by atoms with van der Waals surface area (Å²) in [4.78, 5) is 0. The minimum Gasteiger partial charge on any atom is -0.490 e. The maximum Gasteiger partial charge on any atom is 0.161 e. The van der Waals surface area contributed by atoms with E-state index in [0.717, 1.165) is 29.4 Å². The molecule has 0 aliphatic heterocycles. The summed E-state index contributed by atoms with van der Waals surface area (Å²) in [7, 11) is 0. The molecular weight excluding hydrogens is 240 g/mol. The monoisotopic (exact) mass is 260 g/mol. The zero-order chi connectivity index (χ0) is 13.7. The highest BCUT2D eigenvalue weighted by molar-refractivity contribution is 5.39. The second-order valence-electron chi connectivity index (χ2n) is 4.38. The molecule has 0 aliphatic carbocycles. The van der Waals surface area contributed by atoms with Crippen LogP contribution in [0.5, 0.6) is 11.5 Å². The van der Waals surface area contributed by atoms with Crippen molar-refractivity contribution >= 4 is 0 Å². The van der Waals surface area contributed by atoms with Gasteiger partial charge in [-0.05, 0) is 39.0 Å². The van der Waals surface area contributed by atoms with Crippen molar-refractivity contribution in [3.8, 4) is 11.5 Å². The van der Waals surface area contributed by atoms with Crippen LogP contribution in [0, 0.1) is 13.8 Å². The topological polar surface area (TPSA) is 36.3 Å². The van der Waals surface area contributed by atoms with E-state index in [2.05, 4.69) is 11.2 Å². The lowest BCUT2D eigenvalue weighted by Crippen LogP contribution is -2.11. The number of nitrogens with zero attached hydrogens (tertiary/aromatic N) is 2. The molecule has 19 heavy (non-hydrogen) atoms. The van der Waals surface area contributed by atoms with Crippen LogP contribution in [0.1, 0.15) is 18.3 Å². The predicted octanol–water partition coefficient (Wildman–Crippen LogP) is 2.98. The van der Waals surface area contributed by atoms with Gasteiger partial charge in [0.2, 0.25) is 0 Å².